The number of amides is 2. The molecule has 1 aromatic heterocycles. The van der Waals surface area contributed by atoms with Crippen LogP contribution in [0.2, 0.25) is 0 Å². The Morgan fingerprint density at radius 1 is 1.26 bits per heavy atom. The lowest BCUT2D eigenvalue weighted by Crippen LogP contribution is -2.40. The fourth-order valence-electron chi connectivity index (χ4n) is 3.57. The molecule has 1 fully saturated rings. The average molecular weight is 429 g/mol. The molecular weight excluding hydrogens is 399 g/mol. The van der Waals surface area contributed by atoms with E-state index in [-0.39, 0.29) is 49.7 Å². The summed E-state index contributed by atoms with van der Waals surface area (Å²) in [5.41, 5.74) is 1.18. The van der Waals surface area contributed by atoms with E-state index in [1.165, 1.54) is 6.07 Å². The predicted octanol–water partition coefficient (Wildman–Crippen LogP) is 2.46. The van der Waals surface area contributed by atoms with Crippen molar-refractivity contribution in [3.05, 3.63) is 59.9 Å². The highest BCUT2D eigenvalue weighted by molar-refractivity contribution is 5.85. The smallest absolute Gasteiger partial charge is 0.242 e. The Morgan fingerprint density at radius 3 is 2.77 bits per heavy atom. The molecule has 0 bridgehead atoms. The Kier molecular flexibility index (Phi) is 8.06. The maximum Gasteiger partial charge on any atom is 0.242 e. The number of benzene rings is 1. The van der Waals surface area contributed by atoms with Crippen molar-refractivity contribution in [2.24, 2.45) is 5.92 Å². The van der Waals surface area contributed by atoms with Crippen molar-refractivity contribution in [3.8, 4) is 0 Å². The highest BCUT2D eigenvalue weighted by Crippen LogP contribution is 2.15. The molecule has 1 saturated heterocycles. The van der Waals surface area contributed by atoms with Crippen LogP contribution in [0.4, 0.5) is 4.39 Å². The van der Waals surface area contributed by atoms with E-state index in [4.69, 9.17) is 4.74 Å². The second-order valence-corrected chi connectivity index (χ2v) is 8.19. The second kappa shape index (κ2) is 10.9. The van der Waals surface area contributed by atoms with Crippen molar-refractivity contribution in [1.82, 2.24) is 19.8 Å². The number of hydrogen-bond donors (Lipinski definition) is 0. The van der Waals surface area contributed by atoms with Gasteiger partial charge in [0.1, 0.15) is 5.82 Å². The third-order valence-corrected chi connectivity index (χ3v) is 5.11. The Bertz CT molecular complexity index is 878. The van der Waals surface area contributed by atoms with E-state index in [1.54, 1.807) is 46.6 Å². The summed E-state index contributed by atoms with van der Waals surface area (Å²) < 4.78 is 20.0. The van der Waals surface area contributed by atoms with Crippen molar-refractivity contribution in [2.75, 3.05) is 26.2 Å². The molecule has 1 atom stereocenters. The van der Waals surface area contributed by atoms with Crippen LogP contribution in [0.3, 0.4) is 0 Å². The molecule has 3 rings (SSSR count). The average Bonchev–Trinajstić information content (AvgIpc) is 2.90. The number of carbonyl (C=O) groups is 2. The molecule has 1 unspecified atom stereocenters. The van der Waals surface area contributed by atoms with E-state index in [0.717, 1.165) is 5.69 Å². The largest absolute Gasteiger partial charge is 0.370 e. The number of aromatic nitrogens is 2. The van der Waals surface area contributed by atoms with Gasteiger partial charge in [-0.1, -0.05) is 32.0 Å². The van der Waals surface area contributed by atoms with Crippen molar-refractivity contribution in [1.29, 1.82) is 0 Å². The van der Waals surface area contributed by atoms with Crippen LogP contribution in [0.5, 0.6) is 0 Å². The fraction of sp³-hybridized carbons (Fsp3) is 0.478. The van der Waals surface area contributed by atoms with Gasteiger partial charge < -0.3 is 14.5 Å². The van der Waals surface area contributed by atoms with Gasteiger partial charge in [0.2, 0.25) is 11.8 Å². The van der Waals surface area contributed by atoms with Crippen LogP contribution >= 0.6 is 0 Å². The van der Waals surface area contributed by atoms with Gasteiger partial charge in [-0.05, 0) is 18.4 Å². The van der Waals surface area contributed by atoms with Gasteiger partial charge in [-0.2, -0.15) is 0 Å². The maximum atomic E-state index is 14.0. The number of nitrogens with zero attached hydrogens (tertiary/aromatic N) is 4. The third kappa shape index (κ3) is 6.82. The topological polar surface area (TPSA) is 75.6 Å². The van der Waals surface area contributed by atoms with E-state index < -0.39 is 6.10 Å². The van der Waals surface area contributed by atoms with Crippen LogP contribution in [-0.2, 0) is 27.4 Å². The third-order valence-electron chi connectivity index (χ3n) is 5.11. The lowest BCUT2D eigenvalue weighted by atomic mass is 10.2. The summed E-state index contributed by atoms with van der Waals surface area (Å²) in [7, 11) is 0. The molecule has 0 aliphatic carbocycles. The minimum absolute atomic E-state index is 0.0194. The molecule has 1 aliphatic rings. The molecule has 166 valence electrons. The standard InChI is InChI=1S/C23H29FN4O3/c1-17(2)12-27-13-20(31-16-18-5-3-4-6-21(18)24)14-28(15-23(27)30)22(29)8-7-19-11-25-9-10-26-19/h3-6,9-11,17,20H,7-8,12-16H2,1-2H3. The van der Waals surface area contributed by atoms with Gasteiger partial charge in [0.25, 0.3) is 0 Å². The van der Waals surface area contributed by atoms with Crippen molar-refractivity contribution in [3.63, 3.8) is 0 Å². The number of carbonyl (C=O) groups excluding carboxylic acids is 2. The summed E-state index contributed by atoms with van der Waals surface area (Å²) in [6.45, 7) is 5.43. The zero-order valence-electron chi connectivity index (χ0n) is 18.0. The normalized spacial score (nSPS) is 17.2. The molecule has 2 heterocycles. The molecule has 8 heteroatoms. The van der Waals surface area contributed by atoms with Crippen LogP contribution in [0.15, 0.2) is 42.9 Å². The molecule has 31 heavy (non-hydrogen) atoms. The highest BCUT2D eigenvalue weighted by Gasteiger charge is 2.31. The molecule has 0 N–H and O–H groups in total. The summed E-state index contributed by atoms with van der Waals surface area (Å²) >= 11 is 0. The zero-order chi connectivity index (χ0) is 22.2. The predicted molar refractivity (Wildman–Crippen MR) is 113 cm³/mol. The molecule has 2 amide bonds. The Labute approximate surface area is 182 Å². The van der Waals surface area contributed by atoms with Crippen LogP contribution < -0.4 is 0 Å². The molecule has 2 aromatic rings. The number of halogens is 1. The van der Waals surface area contributed by atoms with Gasteiger partial charge in [0, 0.05) is 50.2 Å². The van der Waals surface area contributed by atoms with Crippen molar-refractivity contribution < 1.29 is 18.7 Å². The number of ether oxygens (including phenoxy) is 1. The Morgan fingerprint density at radius 2 is 2.06 bits per heavy atom. The van der Waals surface area contributed by atoms with E-state index in [9.17, 15) is 14.0 Å². The summed E-state index contributed by atoms with van der Waals surface area (Å²) in [6, 6.07) is 6.45. The first kappa shape index (κ1) is 22.8. The lowest BCUT2D eigenvalue weighted by molar-refractivity contribution is -0.139. The minimum Gasteiger partial charge on any atom is -0.370 e. The molecule has 0 radical (unpaired) electrons. The number of hydrogen-bond acceptors (Lipinski definition) is 5. The molecular formula is C23H29FN4O3. The number of rotatable bonds is 8. The summed E-state index contributed by atoms with van der Waals surface area (Å²) in [6.07, 6.45) is 5.09. The van der Waals surface area contributed by atoms with Crippen molar-refractivity contribution in [2.45, 2.75) is 39.4 Å². The van der Waals surface area contributed by atoms with Gasteiger partial charge in [-0.3, -0.25) is 19.6 Å². The van der Waals surface area contributed by atoms with Gasteiger partial charge in [-0.15, -0.1) is 0 Å². The summed E-state index contributed by atoms with van der Waals surface area (Å²) in [5.74, 6) is -0.276. The SMILES string of the molecule is CC(C)CN1CC(OCc2ccccc2F)CN(C(=O)CCc2cnccn2)CC1=O. The zero-order valence-corrected chi connectivity index (χ0v) is 18.0. The van der Waals surface area contributed by atoms with Gasteiger partial charge >= 0.3 is 0 Å². The fourth-order valence-corrected chi connectivity index (χ4v) is 3.57. The number of aryl methyl sites for hydroxylation is 1. The molecule has 0 spiro atoms. The van der Waals surface area contributed by atoms with Gasteiger partial charge in [0.15, 0.2) is 0 Å². The highest BCUT2D eigenvalue weighted by atomic mass is 19.1. The van der Waals surface area contributed by atoms with Gasteiger partial charge in [0.05, 0.1) is 24.9 Å². The Balaban J connectivity index is 1.67. The molecule has 1 aromatic carbocycles. The van der Waals surface area contributed by atoms with Crippen LogP contribution in [0, 0.1) is 11.7 Å². The Hall–Kier alpha value is -2.87. The second-order valence-electron chi connectivity index (χ2n) is 8.19. The quantitative estimate of drug-likeness (QED) is 0.646. The van der Waals surface area contributed by atoms with E-state index in [2.05, 4.69) is 9.97 Å². The molecule has 7 nitrogen and oxygen atoms in total. The minimum atomic E-state index is -0.398. The van der Waals surface area contributed by atoms with E-state index in [0.29, 0.717) is 25.1 Å². The molecule has 1 aliphatic heterocycles. The van der Waals surface area contributed by atoms with E-state index in [1.807, 2.05) is 13.8 Å². The first-order valence-electron chi connectivity index (χ1n) is 10.6. The van der Waals surface area contributed by atoms with Crippen LogP contribution in [0.25, 0.3) is 0 Å². The lowest BCUT2D eigenvalue weighted by Gasteiger charge is -2.26. The van der Waals surface area contributed by atoms with E-state index >= 15 is 0 Å². The maximum absolute atomic E-state index is 14.0. The summed E-state index contributed by atoms with van der Waals surface area (Å²) in [5, 5.41) is 0. The van der Waals surface area contributed by atoms with Crippen LogP contribution in [0.1, 0.15) is 31.5 Å². The first-order valence-corrected chi connectivity index (χ1v) is 10.6. The summed E-state index contributed by atoms with van der Waals surface area (Å²) in [4.78, 5) is 37.2. The van der Waals surface area contributed by atoms with Crippen LogP contribution in [-0.4, -0.2) is 63.9 Å². The first-order chi connectivity index (χ1) is 14.9. The van der Waals surface area contributed by atoms with Gasteiger partial charge in [-0.25, -0.2) is 4.39 Å². The monoisotopic (exact) mass is 428 g/mol. The van der Waals surface area contributed by atoms with Crippen molar-refractivity contribution >= 4 is 11.8 Å². The molecule has 0 saturated carbocycles.